The van der Waals surface area contributed by atoms with Gasteiger partial charge in [-0.3, -0.25) is 4.55 Å². The summed E-state index contributed by atoms with van der Waals surface area (Å²) in [5, 5.41) is 9.39. The molecule has 0 fully saturated rings. The van der Waals surface area contributed by atoms with Crippen LogP contribution in [0.4, 0.5) is 0 Å². The molecule has 170 valence electrons. The Labute approximate surface area is 175 Å². The minimum atomic E-state index is -3.87. The normalized spacial score (nSPS) is 14.3. The van der Waals surface area contributed by atoms with E-state index in [4.69, 9.17) is 0 Å². The van der Waals surface area contributed by atoms with Gasteiger partial charge in [0.15, 0.2) is 0 Å². The number of rotatable bonds is 21. The van der Waals surface area contributed by atoms with Gasteiger partial charge in [-0.2, -0.15) is 8.42 Å². The van der Waals surface area contributed by atoms with Crippen molar-refractivity contribution in [3.63, 3.8) is 0 Å². The molecule has 0 bridgehead atoms. The first-order valence-corrected chi connectivity index (χ1v) is 13.6. The molecular weight excluding hydrogens is 372 g/mol. The summed E-state index contributed by atoms with van der Waals surface area (Å²) in [6.07, 6.45) is 20.6. The molecule has 2 N–H and O–H groups in total. The molecule has 2 unspecified atom stereocenters. The first-order chi connectivity index (χ1) is 13.4. The summed E-state index contributed by atoms with van der Waals surface area (Å²) < 4.78 is 31.8. The van der Waals surface area contributed by atoms with Gasteiger partial charge in [-0.1, -0.05) is 110 Å². The van der Waals surface area contributed by atoms with Gasteiger partial charge in [0.25, 0.3) is 10.1 Å². The van der Waals surface area contributed by atoms with Crippen molar-refractivity contribution in [2.45, 2.75) is 147 Å². The van der Waals surface area contributed by atoms with Crippen LogP contribution in [0.5, 0.6) is 0 Å². The first-order valence-electron chi connectivity index (χ1n) is 12.1. The maximum atomic E-state index is 11.3. The van der Waals surface area contributed by atoms with Crippen LogP contribution in [0, 0.1) is 0 Å². The van der Waals surface area contributed by atoms with Gasteiger partial charge in [0, 0.05) is 0 Å². The van der Waals surface area contributed by atoms with Crippen molar-refractivity contribution in [3.05, 3.63) is 0 Å². The molecule has 0 radical (unpaired) electrons. The third kappa shape index (κ3) is 17.9. The van der Waals surface area contributed by atoms with Crippen molar-refractivity contribution >= 4 is 10.1 Å². The van der Waals surface area contributed by atoms with Gasteiger partial charge < -0.3 is 5.11 Å². The summed E-state index contributed by atoms with van der Waals surface area (Å²) in [5.41, 5.74) is 0. The highest BCUT2D eigenvalue weighted by Gasteiger charge is 2.20. The van der Waals surface area contributed by atoms with Gasteiger partial charge in [-0.25, -0.2) is 0 Å². The fraction of sp³-hybridized carbons (Fsp3) is 1.00. The van der Waals surface area contributed by atoms with E-state index in [0.717, 1.165) is 44.9 Å². The Kier molecular flexibility index (Phi) is 18.8. The maximum Gasteiger partial charge on any atom is 0.267 e. The van der Waals surface area contributed by atoms with Gasteiger partial charge >= 0.3 is 0 Å². The van der Waals surface area contributed by atoms with E-state index in [0.29, 0.717) is 12.8 Å². The maximum absolute atomic E-state index is 11.3. The lowest BCUT2D eigenvalue weighted by atomic mass is 10.0. The number of hydrogen-bond acceptors (Lipinski definition) is 3. The smallest absolute Gasteiger partial charge is 0.267 e. The first kappa shape index (κ1) is 27.9. The lowest BCUT2D eigenvalue weighted by Gasteiger charge is -2.12. The summed E-state index contributed by atoms with van der Waals surface area (Å²) >= 11 is 0. The van der Waals surface area contributed by atoms with E-state index in [1.807, 2.05) is 6.92 Å². The average molecular weight is 421 g/mol. The molecule has 0 aromatic rings. The molecule has 0 aliphatic carbocycles. The van der Waals surface area contributed by atoms with Crippen LogP contribution in [0.1, 0.15) is 136 Å². The van der Waals surface area contributed by atoms with Gasteiger partial charge in [0.2, 0.25) is 0 Å². The van der Waals surface area contributed by atoms with Crippen LogP contribution in [0.2, 0.25) is 0 Å². The Morgan fingerprint density at radius 2 is 0.964 bits per heavy atom. The Morgan fingerprint density at radius 1 is 0.571 bits per heavy atom. The van der Waals surface area contributed by atoms with E-state index < -0.39 is 15.4 Å². The monoisotopic (exact) mass is 420 g/mol. The second kappa shape index (κ2) is 18.9. The van der Waals surface area contributed by atoms with Crippen LogP contribution in [-0.2, 0) is 10.1 Å². The van der Waals surface area contributed by atoms with Crippen molar-refractivity contribution in [2.24, 2.45) is 0 Å². The second-order valence-electron chi connectivity index (χ2n) is 8.54. The van der Waals surface area contributed by atoms with Crippen LogP contribution in [0.15, 0.2) is 0 Å². The molecule has 28 heavy (non-hydrogen) atoms. The Bertz CT molecular complexity index is 422. The van der Waals surface area contributed by atoms with E-state index in [9.17, 15) is 18.1 Å². The second-order valence-corrected chi connectivity index (χ2v) is 10.2. The van der Waals surface area contributed by atoms with Crippen LogP contribution in [-0.4, -0.2) is 29.4 Å². The van der Waals surface area contributed by atoms with Crippen LogP contribution in [0.3, 0.4) is 0 Å². The highest BCUT2D eigenvalue weighted by atomic mass is 32.2. The third-order valence-electron chi connectivity index (χ3n) is 5.74. The van der Waals surface area contributed by atoms with Crippen LogP contribution < -0.4 is 0 Å². The van der Waals surface area contributed by atoms with Crippen molar-refractivity contribution in [3.8, 4) is 0 Å². The molecule has 0 aliphatic rings. The minimum absolute atomic E-state index is 0.0883. The largest absolute Gasteiger partial charge is 0.393 e. The number of hydrogen-bond donors (Lipinski definition) is 2. The van der Waals surface area contributed by atoms with Crippen molar-refractivity contribution in [1.29, 1.82) is 0 Å². The van der Waals surface area contributed by atoms with Gasteiger partial charge in [0.1, 0.15) is 0 Å². The van der Waals surface area contributed by atoms with E-state index in [1.54, 1.807) is 0 Å². The molecule has 5 heteroatoms. The molecule has 0 rings (SSSR count). The molecule has 0 spiro atoms. The fourth-order valence-electron chi connectivity index (χ4n) is 3.88. The van der Waals surface area contributed by atoms with Crippen molar-refractivity contribution in [1.82, 2.24) is 0 Å². The number of aliphatic hydroxyl groups is 1. The van der Waals surface area contributed by atoms with Gasteiger partial charge in [0.05, 0.1) is 11.4 Å². The van der Waals surface area contributed by atoms with Crippen LogP contribution >= 0.6 is 0 Å². The number of aliphatic hydroxyl groups excluding tert-OH is 1. The summed E-state index contributed by atoms with van der Waals surface area (Å²) in [6, 6.07) is 0. The third-order valence-corrected chi connectivity index (χ3v) is 7.05. The van der Waals surface area contributed by atoms with Crippen molar-refractivity contribution < 1.29 is 18.1 Å². The van der Waals surface area contributed by atoms with E-state index in [2.05, 4.69) is 6.92 Å². The Morgan fingerprint density at radius 3 is 1.36 bits per heavy atom. The average Bonchev–Trinajstić information content (AvgIpc) is 2.64. The minimum Gasteiger partial charge on any atom is -0.393 e. The zero-order chi connectivity index (χ0) is 21.1. The quantitative estimate of drug-likeness (QED) is 0.154. The standard InChI is InChI=1S/C23H48O4S/c1-3-5-6-15-19-22(24)20-16-13-11-9-7-8-10-12-14-17-21-23(18-4-2)28(25,26)27/h22-24H,3-21H2,1-2H3,(H,25,26,27). The highest BCUT2D eigenvalue weighted by molar-refractivity contribution is 7.86. The van der Waals surface area contributed by atoms with Crippen molar-refractivity contribution in [2.75, 3.05) is 0 Å². The van der Waals surface area contributed by atoms with Gasteiger partial charge in [-0.15, -0.1) is 0 Å². The van der Waals surface area contributed by atoms with E-state index in [-0.39, 0.29) is 6.10 Å². The summed E-state index contributed by atoms with van der Waals surface area (Å²) in [6.45, 7) is 4.17. The lowest BCUT2D eigenvalue weighted by molar-refractivity contribution is 0.147. The van der Waals surface area contributed by atoms with E-state index in [1.165, 1.54) is 64.2 Å². The molecular formula is C23H48O4S. The number of unbranched alkanes of at least 4 members (excludes halogenated alkanes) is 12. The highest BCUT2D eigenvalue weighted by Crippen LogP contribution is 2.18. The lowest BCUT2D eigenvalue weighted by Crippen LogP contribution is -2.20. The van der Waals surface area contributed by atoms with Crippen LogP contribution in [0.25, 0.3) is 0 Å². The summed E-state index contributed by atoms with van der Waals surface area (Å²) in [7, 11) is -3.87. The molecule has 0 heterocycles. The predicted octanol–water partition coefficient (Wildman–Crippen LogP) is 7.06. The zero-order valence-corrected chi connectivity index (χ0v) is 19.5. The SMILES string of the molecule is CCCCCCC(O)CCCCCCCCCCCCC(CCC)S(=O)(=O)O. The zero-order valence-electron chi connectivity index (χ0n) is 18.7. The molecule has 0 amide bonds. The summed E-state index contributed by atoms with van der Waals surface area (Å²) in [4.78, 5) is 0. The Hall–Kier alpha value is -0.130. The van der Waals surface area contributed by atoms with Gasteiger partial charge in [-0.05, 0) is 25.7 Å². The molecule has 0 aromatic heterocycles. The molecule has 0 saturated carbocycles. The summed E-state index contributed by atoms with van der Waals surface area (Å²) in [5.74, 6) is 0. The predicted molar refractivity (Wildman–Crippen MR) is 120 cm³/mol. The molecule has 0 aromatic carbocycles. The van der Waals surface area contributed by atoms with E-state index >= 15 is 0 Å². The molecule has 0 aliphatic heterocycles. The Balaban J connectivity index is 3.37. The topological polar surface area (TPSA) is 74.6 Å². The molecule has 4 nitrogen and oxygen atoms in total. The molecule has 2 atom stereocenters. The fourth-order valence-corrected chi connectivity index (χ4v) is 4.88. The molecule has 0 saturated heterocycles.